The van der Waals surface area contributed by atoms with Crippen molar-refractivity contribution in [2.75, 3.05) is 39.4 Å². The number of halogens is 5. The molecule has 0 bridgehead atoms. The highest BCUT2D eigenvalue weighted by molar-refractivity contribution is 5.95. The summed E-state index contributed by atoms with van der Waals surface area (Å²) in [6.45, 7) is 1.90. The first-order valence-corrected chi connectivity index (χ1v) is 14.0. The summed E-state index contributed by atoms with van der Waals surface area (Å²) in [6.07, 6.45) is -0.234. The van der Waals surface area contributed by atoms with E-state index in [1.807, 2.05) is 4.90 Å². The second kappa shape index (κ2) is 11.6. The summed E-state index contributed by atoms with van der Waals surface area (Å²) < 4.78 is 76.2. The molecule has 1 N–H and O–H groups in total. The van der Waals surface area contributed by atoms with E-state index in [0.29, 0.717) is 57.7 Å². The molecule has 2 aromatic rings. The average molecular weight is 567 g/mol. The van der Waals surface area contributed by atoms with Crippen LogP contribution in [0.3, 0.4) is 0 Å². The van der Waals surface area contributed by atoms with Crippen LogP contribution in [0.15, 0.2) is 36.4 Å². The van der Waals surface area contributed by atoms with E-state index in [4.69, 9.17) is 4.74 Å². The van der Waals surface area contributed by atoms with Gasteiger partial charge in [0.15, 0.2) is 0 Å². The molecule has 2 aliphatic heterocycles. The van der Waals surface area contributed by atoms with Gasteiger partial charge in [-0.3, -0.25) is 4.79 Å². The van der Waals surface area contributed by atoms with E-state index in [9.17, 15) is 31.9 Å². The molecule has 2 aromatic carbocycles. The lowest BCUT2D eigenvalue weighted by Gasteiger charge is -2.47. The second-order valence-corrected chi connectivity index (χ2v) is 11.5. The van der Waals surface area contributed by atoms with Gasteiger partial charge in [-0.15, -0.1) is 0 Å². The van der Waals surface area contributed by atoms with Gasteiger partial charge in [-0.2, -0.15) is 13.2 Å². The highest BCUT2D eigenvalue weighted by atomic mass is 19.4. The maximum atomic E-state index is 15.0. The number of rotatable bonds is 8. The Morgan fingerprint density at radius 1 is 0.950 bits per heavy atom. The molecule has 1 aliphatic carbocycles. The van der Waals surface area contributed by atoms with Gasteiger partial charge >= 0.3 is 6.18 Å². The lowest BCUT2D eigenvalue weighted by molar-refractivity contribution is -0.256. The number of amides is 1. The monoisotopic (exact) mass is 566 g/mol. The van der Waals surface area contributed by atoms with E-state index in [1.54, 1.807) is 11.0 Å². The van der Waals surface area contributed by atoms with E-state index in [0.717, 1.165) is 12.5 Å². The molecule has 10 heteroatoms. The van der Waals surface area contributed by atoms with Crippen LogP contribution in [0.5, 0.6) is 5.75 Å². The fourth-order valence-electron chi connectivity index (χ4n) is 6.22. The molecule has 5 rings (SSSR count). The fourth-order valence-corrected chi connectivity index (χ4v) is 6.22. The molecule has 3 fully saturated rings. The first kappa shape index (κ1) is 28.8. The average Bonchev–Trinajstić information content (AvgIpc) is 3.38. The Labute approximate surface area is 230 Å². The topological polar surface area (TPSA) is 53.0 Å². The Morgan fingerprint density at radius 2 is 1.62 bits per heavy atom. The van der Waals surface area contributed by atoms with Crippen molar-refractivity contribution in [3.8, 4) is 16.9 Å². The number of alkyl halides is 3. The first-order valence-electron chi connectivity index (χ1n) is 14.0. The number of aliphatic hydroxyl groups excluding tert-OH is 1. The maximum absolute atomic E-state index is 15.0. The van der Waals surface area contributed by atoms with Crippen LogP contribution in [-0.4, -0.2) is 72.4 Å². The van der Waals surface area contributed by atoms with Crippen LogP contribution < -0.4 is 4.74 Å². The minimum atomic E-state index is -4.17. The zero-order valence-corrected chi connectivity index (χ0v) is 22.4. The normalized spacial score (nSPS) is 21.9. The minimum absolute atomic E-state index is 0.0243. The number of carbonyl (C=O) groups is 1. The van der Waals surface area contributed by atoms with Crippen LogP contribution >= 0.6 is 0 Å². The molecule has 0 radical (unpaired) electrons. The third-order valence-electron chi connectivity index (χ3n) is 8.93. The van der Waals surface area contributed by atoms with Crippen LogP contribution in [0.4, 0.5) is 22.0 Å². The van der Waals surface area contributed by atoms with Crippen LogP contribution in [0, 0.1) is 23.0 Å². The van der Waals surface area contributed by atoms with E-state index in [2.05, 4.69) is 0 Å². The number of carbonyl (C=O) groups excluding carboxylic acids is 1. The molecule has 218 valence electrons. The quantitative estimate of drug-likeness (QED) is 0.396. The first-order chi connectivity index (χ1) is 19.1. The van der Waals surface area contributed by atoms with Gasteiger partial charge in [0.1, 0.15) is 17.4 Å². The molecular weight excluding hydrogens is 531 g/mol. The van der Waals surface area contributed by atoms with E-state index in [1.165, 1.54) is 24.3 Å². The predicted molar refractivity (Wildman–Crippen MR) is 140 cm³/mol. The predicted octanol–water partition coefficient (Wildman–Crippen LogP) is 6.05. The summed E-state index contributed by atoms with van der Waals surface area (Å²) in [5.41, 5.74) is -1.34. The number of nitrogens with zero attached hydrogens (tertiary/aromatic N) is 2. The van der Waals surface area contributed by atoms with Crippen molar-refractivity contribution in [1.82, 2.24) is 9.80 Å². The molecule has 40 heavy (non-hydrogen) atoms. The van der Waals surface area contributed by atoms with Gasteiger partial charge in [0.25, 0.3) is 5.91 Å². The van der Waals surface area contributed by atoms with Crippen LogP contribution in [0.1, 0.15) is 55.3 Å². The van der Waals surface area contributed by atoms with Gasteiger partial charge in [-0.1, -0.05) is 12.5 Å². The summed E-state index contributed by atoms with van der Waals surface area (Å²) in [6, 6.07) is 7.86. The van der Waals surface area contributed by atoms with Crippen molar-refractivity contribution in [2.45, 2.75) is 57.2 Å². The molecule has 0 unspecified atom stereocenters. The van der Waals surface area contributed by atoms with Gasteiger partial charge in [-0.05, 0) is 81.8 Å². The van der Waals surface area contributed by atoms with Crippen molar-refractivity contribution < 1.29 is 36.6 Å². The van der Waals surface area contributed by atoms with Crippen LogP contribution in [0.2, 0.25) is 0 Å². The number of benzene rings is 2. The molecule has 1 amide bonds. The second-order valence-electron chi connectivity index (χ2n) is 11.5. The largest absolute Gasteiger partial charge is 0.493 e. The summed E-state index contributed by atoms with van der Waals surface area (Å²) in [5, 5.41) is 9.47. The Hall–Kier alpha value is -2.72. The molecule has 0 aromatic heterocycles. The van der Waals surface area contributed by atoms with Crippen molar-refractivity contribution in [2.24, 2.45) is 11.3 Å². The lowest BCUT2D eigenvalue weighted by Crippen LogP contribution is -2.53. The van der Waals surface area contributed by atoms with Gasteiger partial charge in [0.05, 0.1) is 24.7 Å². The van der Waals surface area contributed by atoms with E-state index < -0.39 is 23.2 Å². The molecule has 5 nitrogen and oxygen atoms in total. The highest BCUT2D eigenvalue weighted by Gasteiger charge is 2.58. The summed E-state index contributed by atoms with van der Waals surface area (Å²) in [7, 11) is 0. The smallest absolute Gasteiger partial charge is 0.395 e. The third kappa shape index (κ3) is 5.84. The third-order valence-corrected chi connectivity index (χ3v) is 8.93. The SMILES string of the molecule is O=C(c1ccc(-c2ccc(OCC3CCN(CC4(C(F)(F)F)CCC4)CC3)cc2F)c(F)c1)N1CCC[C@@H]1CO. The Balaban J connectivity index is 1.15. The van der Waals surface area contributed by atoms with Crippen molar-refractivity contribution in [3.05, 3.63) is 53.6 Å². The van der Waals surface area contributed by atoms with E-state index in [-0.39, 0.29) is 60.6 Å². The number of hydrogen-bond acceptors (Lipinski definition) is 4. The zero-order chi connectivity index (χ0) is 28.5. The standard InChI is InChI=1S/C30H35F5N2O3/c31-26-15-21(28(39)37-12-1-3-22(37)17-38)4-6-24(26)25-7-5-23(16-27(25)32)40-18-20-8-13-36(14-9-20)19-29(10-2-11-29)30(33,34)35/h4-7,15-16,20,22,38H,1-3,8-14,17-19H2/t22-/m1/s1. The lowest BCUT2D eigenvalue weighted by atomic mass is 9.67. The molecular formula is C30H35F5N2O3. The summed E-state index contributed by atoms with van der Waals surface area (Å²) in [4.78, 5) is 16.2. The number of aliphatic hydroxyl groups is 1. The van der Waals surface area contributed by atoms with Crippen LogP contribution in [-0.2, 0) is 0 Å². The molecule has 0 spiro atoms. The molecule has 2 heterocycles. The summed E-state index contributed by atoms with van der Waals surface area (Å²) >= 11 is 0. The molecule has 3 aliphatic rings. The number of hydrogen-bond donors (Lipinski definition) is 1. The van der Waals surface area contributed by atoms with Gasteiger partial charge in [-0.25, -0.2) is 8.78 Å². The minimum Gasteiger partial charge on any atom is -0.493 e. The van der Waals surface area contributed by atoms with Gasteiger partial charge in [0, 0.05) is 35.8 Å². The fraction of sp³-hybridized carbons (Fsp3) is 0.567. The maximum Gasteiger partial charge on any atom is 0.395 e. The number of likely N-dealkylation sites (tertiary alicyclic amines) is 2. The van der Waals surface area contributed by atoms with Crippen molar-refractivity contribution in [3.63, 3.8) is 0 Å². The van der Waals surface area contributed by atoms with Crippen molar-refractivity contribution in [1.29, 1.82) is 0 Å². The van der Waals surface area contributed by atoms with Crippen molar-refractivity contribution >= 4 is 5.91 Å². The number of ether oxygens (including phenoxy) is 1. The number of piperidine rings is 1. The highest BCUT2D eigenvalue weighted by Crippen LogP contribution is 2.53. The van der Waals surface area contributed by atoms with Gasteiger partial charge in [0.2, 0.25) is 0 Å². The molecule has 1 atom stereocenters. The Bertz CT molecular complexity index is 1210. The van der Waals surface area contributed by atoms with E-state index >= 15 is 0 Å². The molecule has 1 saturated carbocycles. The van der Waals surface area contributed by atoms with Gasteiger partial charge < -0.3 is 19.6 Å². The zero-order valence-electron chi connectivity index (χ0n) is 22.4. The summed E-state index contributed by atoms with van der Waals surface area (Å²) in [5.74, 6) is -1.29. The Morgan fingerprint density at radius 3 is 2.20 bits per heavy atom. The Kier molecular flexibility index (Phi) is 8.38. The van der Waals surface area contributed by atoms with Crippen LogP contribution in [0.25, 0.3) is 11.1 Å². The molecule has 2 saturated heterocycles.